The molecule has 3 aromatic rings. The summed E-state index contributed by atoms with van der Waals surface area (Å²) in [5.74, 6) is 0.534. The zero-order chi connectivity index (χ0) is 17.8. The SMILES string of the molecule is COc1cccc(-n2cnn(CN(C)Cc3ccc(F)cc3)c2=S)c1. The summed E-state index contributed by atoms with van der Waals surface area (Å²) in [5.41, 5.74) is 1.93. The number of halogens is 1. The van der Waals surface area contributed by atoms with Gasteiger partial charge in [0.2, 0.25) is 4.77 Å². The number of benzene rings is 2. The number of aromatic nitrogens is 3. The third kappa shape index (κ3) is 4.12. The molecule has 0 aliphatic rings. The highest BCUT2D eigenvalue weighted by Crippen LogP contribution is 2.17. The van der Waals surface area contributed by atoms with Gasteiger partial charge in [-0.3, -0.25) is 9.47 Å². The van der Waals surface area contributed by atoms with Gasteiger partial charge in [-0.1, -0.05) is 18.2 Å². The minimum Gasteiger partial charge on any atom is -0.497 e. The summed E-state index contributed by atoms with van der Waals surface area (Å²) in [6.45, 7) is 1.21. The van der Waals surface area contributed by atoms with Crippen molar-refractivity contribution in [3.63, 3.8) is 0 Å². The Kier molecular flexibility index (Phi) is 5.25. The predicted molar refractivity (Wildman–Crippen MR) is 96.8 cm³/mol. The normalized spacial score (nSPS) is 11.0. The number of methoxy groups -OCH3 is 1. The molecule has 0 fully saturated rings. The van der Waals surface area contributed by atoms with Crippen molar-refractivity contribution in [3.05, 3.63) is 71.0 Å². The second-order valence-corrected chi connectivity index (χ2v) is 6.13. The zero-order valence-electron chi connectivity index (χ0n) is 14.1. The first-order valence-corrected chi connectivity index (χ1v) is 8.19. The first-order valence-electron chi connectivity index (χ1n) is 7.78. The minimum absolute atomic E-state index is 0.231. The fraction of sp³-hybridized carbons (Fsp3) is 0.222. The Bertz CT molecular complexity index is 904. The van der Waals surface area contributed by atoms with Gasteiger partial charge >= 0.3 is 0 Å². The van der Waals surface area contributed by atoms with Gasteiger partial charge in [0.15, 0.2) is 0 Å². The number of ether oxygens (including phenoxy) is 1. The van der Waals surface area contributed by atoms with E-state index in [9.17, 15) is 4.39 Å². The maximum atomic E-state index is 13.0. The molecule has 0 saturated carbocycles. The molecular weight excluding hydrogens is 339 g/mol. The largest absolute Gasteiger partial charge is 0.497 e. The average Bonchev–Trinajstić information content (AvgIpc) is 2.97. The molecule has 0 bridgehead atoms. The van der Waals surface area contributed by atoms with Gasteiger partial charge in [-0.2, -0.15) is 5.10 Å². The fourth-order valence-corrected chi connectivity index (χ4v) is 2.81. The van der Waals surface area contributed by atoms with Gasteiger partial charge < -0.3 is 4.74 Å². The molecule has 0 amide bonds. The number of rotatable bonds is 6. The van der Waals surface area contributed by atoms with Gasteiger partial charge in [-0.25, -0.2) is 9.07 Å². The monoisotopic (exact) mass is 358 g/mol. The van der Waals surface area contributed by atoms with Crippen LogP contribution in [0.25, 0.3) is 5.69 Å². The van der Waals surface area contributed by atoms with E-state index >= 15 is 0 Å². The Morgan fingerprint density at radius 1 is 1.20 bits per heavy atom. The van der Waals surface area contributed by atoms with E-state index in [1.807, 2.05) is 35.9 Å². The van der Waals surface area contributed by atoms with Crippen LogP contribution in [0.15, 0.2) is 54.9 Å². The van der Waals surface area contributed by atoms with E-state index in [-0.39, 0.29) is 5.82 Å². The summed E-state index contributed by atoms with van der Waals surface area (Å²) in [5, 5.41) is 4.38. The van der Waals surface area contributed by atoms with E-state index in [1.54, 1.807) is 30.3 Å². The smallest absolute Gasteiger partial charge is 0.203 e. The van der Waals surface area contributed by atoms with Crippen LogP contribution in [-0.4, -0.2) is 33.4 Å². The molecule has 0 aliphatic heterocycles. The van der Waals surface area contributed by atoms with Crippen molar-refractivity contribution in [2.45, 2.75) is 13.2 Å². The Labute approximate surface area is 150 Å². The van der Waals surface area contributed by atoms with Crippen molar-refractivity contribution in [2.75, 3.05) is 14.2 Å². The van der Waals surface area contributed by atoms with E-state index in [4.69, 9.17) is 17.0 Å². The Morgan fingerprint density at radius 2 is 1.96 bits per heavy atom. The van der Waals surface area contributed by atoms with Gasteiger partial charge in [0.25, 0.3) is 0 Å². The molecule has 1 heterocycles. The fourth-order valence-electron chi connectivity index (χ4n) is 2.55. The molecule has 0 aliphatic carbocycles. The maximum Gasteiger partial charge on any atom is 0.203 e. The van der Waals surface area contributed by atoms with E-state index in [0.29, 0.717) is 18.0 Å². The van der Waals surface area contributed by atoms with Crippen LogP contribution in [-0.2, 0) is 13.2 Å². The summed E-state index contributed by atoms with van der Waals surface area (Å²) in [6.07, 6.45) is 1.70. The number of hydrogen-bond acceptors (Lipinski definition) is 4. The quantitative estimate of drug-likeness (QED) is 0.630. The third-order valence-corrected chi connectivity index (χ3v) is 4.21. The molecule has 1 aromatic heterocycles. The van der Waals surface area contributed by atoms with Crippen molar-refractivity contribution < 1.29 is 9.13 Å². The van der Waals surface area contributed by atoms with Crippen molar-refractivity contribution >= 4 is 12.2 Å². The number of hydrogen-bond donors (Lipinski definition) is 0. The molecule has 0 unspecified atom stereocenters. The van der Waals surface area contributed by atoms with Crippen molar-refractivity contribution in [2.24, 2.45) is 0 Å². The lowest BCUT2D eigenvalue weighted by molar-refractivity contribution is 0.244. The first-order chi connectivity index (χ1) is 12.1. The van der Waals surface area contributed by atoms with Crippen molar-refractivity contribution in [1.82, 2.24) is 19.2 Å². The molecule has 2 aromatic carbocycles. The second kappa shape index (κ2) is 7.58. The molecule has 130 valence electrons. The Balaban J connectivity index is 1.74. The van der Waals surface area contributed by atoms with E-state index in [2.05, 4.69) is 10.00 Å². The Morgan fingerprint density at radius 3 is 2.68 bits per heavy atom. The van der Waals surface area contributed by atoms with Crippen LogP contribution < -0.4 is 4.74 Å². The van der Waals surface area contributed by atoms with Gasteiger partial charge in [0.05, 0.1) is 19.5 Å². The highest BCUT2D eigenvalue weighted by Gasteiger charge is 2.08. The average molecular weight is 358 g/mol. The molecule has 5 nitrogen and oxygen atoms in total. The van der Waals surface area contributed by atoms with Crippen LogP contribution >= 0.6 is 12.2 Å². The Hall–Kier alpha value is -2.51. The van der Waals surface area contributed by atoms with Crippen LogP contribution in [0, 0.1) is 10.6 Å². The van der Waals surface area contributed by atoms with Crippen LogP contribution in [0.3, 0.4) is 0 Å². The topological polar surface area (TPSA) is 35.2 Å². The predicted octanol–water partition coefficient (Wildman–Crippen LogP) is 3.64. The van der Waals surface area contributed by atoms with Gasteiger partial charge in [-0.05, 0) is 49.1 Å². The van der Waals surface area contributed by atoms with E-state index in [0.717, 1.165) is 17.0 Å². The highest BCUT2D eigenvalue weighted by molar-refractivity contribution is 7.71. The molecule has 0 saturated heterocycles. The second-order valence-electron chi connectivity index (χ2n) is 5.77. The first kappa shape index (κ1) is 17.3. The molecule has 0 radical (unpaired) electrons. The molecule has 25 heavy (non-hydrogen) atoms. The summed E-state index contributed by atoms with van der Waals surface area (Å²) in [6, 6.07) is 14.1. The lowest BCUT2D eigenvalue weighted by Gasteiger charge is -2.16. The summed E-state index contributed by atoms with van der Waals surface area (Å²) in [4.78, 5) is 2.06. The molecule has 3 rings (SSSR count). The summed E-state index contributed by atoms with van der Waals surface area (Å²) in [7, 11) is 3.60. The van der Waals surface area contributed by atoms with Crippen LogP contribution in [0.1, 0.15) is 5.56 Å². The molecular formula is C18H19FN4OS. The third-order valence-electron chi connectivity index (χ3n) is 3.81. The summed E-state index contributed by atoms with van der Waals surface area (Å²) >= 11 is 5.53. The van der Waals surface area contributed by atoms with Crippen molar-refractivity contribution in [1.29, 1.82) is 0 Å². The molecule has 0 N–H and O–H groups in total. The highest BCUT2D eigenvalue weighted by atomic mass is 32.1. The molecule has 0 spiro atoms. The molecule has 0 atom stereocenters. The number of nitrogens with zero attached hydrogens (tertiary/aromatic N) is 4. The lowest BCUT2D eigenvalue weighted by atomic mass is 10.2. The summed E-state index contributed by atoms with van der Waals surface area (Å²) < 4.78 is 22.4. The standard InChI is InChI=1S/C18H19FN4OS/c1-21(11-14-6-8-15(19)9-7-14)13-23-18(25)22(12-20-23)16-4-3-5-17(10-16)24-2/h3-10,12H,11,13H2,1-2H3. The van der Waals surface area contributed by atoms with Gasteiger partial charge in [0.1, 0.15) is 17.9 Å². The van der Waals surface area contributed by atoms with Crippen LogP contribution in [0.5, 0.6) is 5.75 Å². The van der Waals surface area contributed by atoms with Gasteiger partial charge in [0, 0.05) is 12.6 Å². The van der Waals surface area contributed by atoms with Crippen molar-refractivity contribution in [3.8, 4) is 11.4 Å². The van der Waals surface area contributed by atoms with E-state index in [1.165, 1.54) is 12.1 Å². The minimum atomic E-state index is -0.231. The van der Waals surface area contributed by atoms with E-state index < -0.39 is 0 Å². The van der Waals surface area contributed by atoms with Gasteiger partial charge in [-0.15, -0.1) is 0 Å². The van der Waals surface area contributed by atoms with Crippen LogP contribution in [0.2, 0.25) is 0 Å². The maximum absolute atomic E-state index is 13.0. The lowest BCUT2D eigenvalue weighted by Crippen LogP contribution is -2.22. The molecule has 7 heteroatoms. The van der Waals surface area contributed by atoms with Crippen LogP contribution in [0.4, 0.5) is 4.39 Å². The zero-order valence-corrected chi connectivity index (χ0v) is 14.9.